The number of aliphatic hydroxyl groups excluding tert-OH is 1. The Balaban J connectivity index is 2.65. The van der Waals surface area contributed by atoms with E-state index in [2.05, 4.69) is 45.0 Å². The second kappa shape index (κ2) is 5.46. The molecule has 1 aromatic rings. The largest absolute Gasteiger partial charge is 0.393 e. The SMILES string of the molecule is CC(C)(C)c1ccc(CC(O)CCN)cc1. The van der Waals surface area contributed by atoms with Gasteiger partial charge in [0.1, 0.15) is 0 Å². The molecule has 0 fully saturated rings. The molecule has 0 aliphatic carbocycles. The summed E-state index contributed by atoms with van der Waals surface area (Å²) in [5, 5.41) is 9.65. The van der Waals surface area contributed by atoms with Crippen LogP contribution < -0.4 is 5.73 Å². The number of nitrogens with two attached hydrogens (primary N) is 1. The first-order valence-electron chi connectivity index (χ1n) is 5.91. The van der Waals surface area contributed by atoms with Gasteiger partial charge >= 0.3 is 0 Å². The molecule has 2 heteroatoms. The van der Waals surface area contributed by atoms with Crippen LogP contribution in [0.3, 0.4) is 0 Å². The number of benzene rings is 1. The molecule has 0 bridgehead atoms. The van der Waals surface area contributed by atoms with E-state index in [1.54, 1.807) is 0 Å². The van der Waals surface area contributed by atoms with Gasteiger partial charge in [-0.15, -0.1) is 0 Å². The van der Waals surface area contributed by atoms with Crippen LogP contribution in [0.4, 0.5) is 0 Å². The summed E-state index contributed by atoms with van der Waals surface area (Å²) < 4.78 is 0. The molecule has 1 unspecified atom stereocenters. The lowest BCUT2D eigenvalue weighted by molar-refractivity contribution is 0.167. The first kappa shape index (κ1) is 13.2. The molecule has 1 rings (SSSR count). The molecule has 0 saturated carbocycles. The highest BCUT2D eigenvalue weighted by molar-refractivity contribution is 5.27. The predicted molar refractivity (Wildman–Crippen MR) is 68.5 cm³/mol. The zero-order valence-electron chi connectivity index (χ0n) is 10.5. The summed E-state index contributed by atoms with van der Waals surface area (Å²) in [6.07, 6.45) is 1.05. The van der Waals surface area contributed by atoms with Gasteiger partial charge in [-0.3, -0.25) is 0 Å². The van der Waals surface area contributed by atoms with Crippen molar-refractivity contribution in [2.24, 2.45) is 5.73 Å². The van der Waals surface area contributed by atoms with Gasteiger partial charge in [-0.2, -0.15) is 0 Å². The van der Waals surface area contributed by atoms with Crippen LogP contribution >= 0.6 is 0 Å². The second-order valence-corrected chi connectivity index (χ2v) is 5.38. The predicted octanol–water partition coefficient (Wildman–Crippen LogP) is 2.24. The van der Waals surface area contributed by atoms with Gasteiger partial charge in [-0.05, 0) is 35.9 Å². The first-order valence-corrected chi connectivity index (χ1v) is 5.91. The van der Waals surface area contributed by atoms with Crippen LogP contribution in [0.5, 0.6) is 0 Å². The van der Waals surface area contributed by atoms with E-state index in [0.717, 1.165) is 0 Å². The standard InChI is InChI=1S/C14H23NO/c1-14(2,3)12-6-4-11(5-7-12)10-13(16)8-9-15/h4-7,13,16H,8-10,15H2,1-3H3. The normalized spacial score (nSPS) is 13.8. The van der Waals surface area contributed by atoms with Gasteiger partial charge in [0.05, 0.1) is 6.10 Å². The highest BCUT2D eigenvalue weighted by Gasteiger charge is 2.13. The maximum Gasteiger partial charge on any atom is 0.0592 e. The third kappa shape index (κ3) is 3.95. The maximum absolute atomic E-state index is 9.65. The Bertz CT molecular complexity index is 311. The highest BCUT2D eigenvalue weighted by atomic mass is 16.3. The van der Waals surface area contributed by atoms with E-state index in [4.69, 9.17) is 5.73 Å². The number of hydrogen-bond donors (Lipinski definition) is 2. The molecule has 1 aromatic carbocycles. The Hall–Kier alpha value is -0.860. The molecular formula is C14H23NO. The first-order chi connectivity index (χ1) is 7.43. The van der Waals surface area contributed by atoms with Gasteiger partial charge in [0.2, 0.25) is 0 Å². The van der Waals surface area contributed by atoms with E-state index in [1.165, 1.54) is 11.1 Å². The molecule has 0 heterocycles. The fourth-order valence-electron chi connectivity index (χ4n) is 1.71. The van der Waals surface area contributed by atoms with Crippen molar-refractivity contribution in [2.45, 2.75) is 45.1 Å². The fourth-order valence-corrected chi connectivity index (χ4v) is 1.71. The van der Waals surface area contributed by atoms with E-state index >= 15 is 0 Å². The molecule has 2 nitrogen and oxygen atoms in total. The highest BCUT2D eigenvalue weighted by Crippen LogP contribution is 2.22. The van der Waals surface area contributed by atoms with Gasteiger partial charge < -0.3 is 10.8 Å². The summed E-state index contributed by atoms with van der Waals surface area (Å²) in [5.41, 5.74) is 8.09. The molecule has 1 atom stereocenters. The summed E-state index contributed by atoms with van der Waals surface area (Å²) in [7, 11) is 0. The van der Waals surface area contributed by atoms with Crippen molar-refractivity contribution in [1.29, 1.82) is 0 Å². The van der Waals surface area contributed by atoms with Gasteiger partial charge in [0.25, 0.3) is 0 Å². The molecule has 0 aliphatic rings. The van der Waals surface area contributed by atoms with Crippen molar-refractivity contribution < 1.29 is 5.11 Å². The van der Waals surface area contributed by atoms with Crippen LogP contribution in [0.25, 0.3) is 0 Å². The molecule has 3 N–H and O–H groups in total. The summed E-state index contributed by atoms with van der Waals surface area (Å²) in [6.45, 7) is 7.14. The molecule has 0 spiro atoms. The Morgan fingerprint density at radius 2 is 1.75 bits per heavy atom. The zero-order chi connectivity index (χ0) is 12.2. The van der Waals surface area contributed by atoms with Gasteiger partial charge in [-0.25, -0.2) is 0 Å². The van der Waals surface area contributed by atoms with Crippen molar-refractivity contribution in [3.8, 4) is 0 Å². The minimum atomic E-state index is -0.314. The van der Waals surface area contributed by atoms with Crippen molar-refractivity contribution in [3.05, 3.63) is 35.4 Å². The van der Waals surface area contributed by atoms with Crippen LogP contribution in [0, 0.1) is 0 Å². The molecule has 16 heavy (non-hydrogen) atoms. The quantitative estimate of drug-likeness (QED) is 0.819. The lowest BCUT2D eigenvalue weighted by Crippen LogP contribution is -2.16. The van der Waals surface area contributed by atoms with Crippen LogP contribution in [0.2, 0.25) is 0 Å². The van der Waals surface area contributed by atoms with E-state index in [0.29, 0.717) is 19.4 Å². The maximum atomic E-state index is 9.65. The van der Waals surface area contributed by atoms with Crippen molar-refractivity contribution >= 4 is 0 Å². The molecule has 90 valence electrons. The van der Waals surface area contributed by atoms with Crippen molar-refractivity contribution in [1.82, 2.24) is 0 Å². The Morgan fingerprint density at radius 3 is 2.19 bits per heavy atom. The molecule has 0 amide bonds. The Labute approximate surface area is 98.5 Å². The lowest BCUT2D eigenvalue weighted by Gasteiger charge is -2.19. The third-order valence-electron chi connectivity index (χ3n) is 2.79. The summed E-state index contributed by atoms with van der Waals surface area (Å²) in [5.74, 6) is 0. The average Bonchev–Trinajstić information content (AvgIpc) is 2.17. The third-order valence-corrected chi connectivity index (χ3v) is 2.79. The fraction of sp³-hybridized carbons (Fsp3) is 0.571. The lowest BCUT2D eigenvalue weighted by atomic mass is 9.86. The zero-order valence-corrected chi connectivity index (χ0v) is 10.5. The summed E-state index contributed by atoms with van der Waals surface area (Å²) in [4.78, 5) is 0. The van der Waals surface area contributed by atoms with E-state index in [-0.39, 0.29) is 11.5 Å². The van der Waals surface area contributed by atoms with E-state index in [1.807, 2.05) is 0 Å². The Kier molecular flexibility index (Phi) is 4.51. The molecular weight excluding hydrogens is 198 g/mol. The van der Waals surface area contributed by atoms with E-state index < -0.39 is 0 Å². The molecule has 0 radical (unpaired) electrons. The summed E-state index contributed by atoms with van der Waals surface area (Å²) >= 11 is 0. The molecule has 0 saturated heterocycles. The molecule has 0 aliphatic heterocycles. The van der Waals surface area contributed by atoms with Crippen LogP contribution in [0.15, 0.2) is 24.3 Å². The Morgan fingerprint density at radius 1 is 1.19 bits per heavy atom. The van der Waals surface area contributed by atoms with E-state index in [9.17, 15) is 5.11 Å². The molecule has 0 aromatic heterocycles. The monoisotopic (exact) mass is 221 g/mol. The summed E-state index contributed by atoms with van der Waals surface area (Å²) in [6, 6.07) is 8.48. The van der Waals surface area contributed by atoms with Crippen LogP contribution in [-0.2, 0) is 11.8 Å². The van der Waals surface area contributed by atoms with Crippen molar-refractivity contribution in [2.75, 3.05) is 6.54 Å². The van der Waals surface area contributed by atoms with Gasteiger partial charge in [0.15, 0.2) is 0 Å². The topological polar surface area (TPSA) is 46.2 Å². The van der Waals surface area contributed by atoms with Gasteiger partial charge in [0, 0.05) is 0 Å². The van der Waals surface area contributed by atoms with Crippen LogP contribution in [-0.4, -0.2) is 17.8 Å². The minimum absolute atomic E-state index is 0.189. The second-order valence-electron chi connectivity index (χ2n) is 5.38. The van der Waals surface area contributed by atoms with Crippen molar-refractivity contribution in [3.63, 3.8) is 0 Å². The van der Waals surface area contributed by atoms with Crippen LogP contribution in [0.1, 0.15) is 38.3 Å². The number of aliphatic hydroxyl groups is 1. The number of hydrogen-bond acceptors (Lipinski definition) is 2. The average molecular weight is 221 g/mol. The number of rotatable bonds is 4. The van der Waals surface area contributed by atoms with Gasteiger partial charge in [-0.1, -0.05) is 45.0 Å². The minimum Gasteiger partial charge on any atom is -0.393 e. The smallest absolute Gasteiger partial charge is 0.0592 e.